The molecule has 0 saturated carbocycles. The lowest BCUT2D eigenvalue weighted by Gasteiger charge is -2.04. The Hall–Kier alpha value is -1.65. The second-order valence-corrected chi connectivity index (χ2v) is 4.92. The van der Waals surface area contributed by atoms with Crippen LogP contribution >= 0.6 is 0 Å². The zero-order valence-corrected chi connectivity index (χ0v) is 12.4. The van der Waals surface area contributed by atoms with Gasteiger partial charge in [0.2, 0.25) is 0 Å². The van der Waals surface area contributed by atoms with Gasteiger partial charge in [-0.1, -0.05) is 6.92 Å². The standard InChI is InChI=1S/C17H22FNO2/c1-2-11-20-12-3-10-19-13-16-8-9-17(21-16)14-4-6-15(18)7-5-14/h4-9,19H,2-3,10-13H2,1H3. The number of rotatable bonds is 9. The quantitative estimate of drug-likeness (QED) is 0.709. The molecule has 0 bridgehead atoms. The van der Waals surface area contributed by atoms with E-state index in [0.717, 1.165) is 49.7 Å². The first-order chi connectivity index (χ1) is 10.3. The summed E-state index contributed by atoms with van der Waals surface area (Å²) in [6.45, 7) is 5.32. The zero-order chi connectivity index (χ0) is 14.9. The molecular weight excluding hydrogens is 269 g/mol. The maximum Gasteiger partial charge on any atom is 0.134 e. The number of halogens is 1. The van der Waals surface area contributed by atoms with Crippen molar-refractivity contribution in [3.63, 3.8) is 0 Å². The van der Waals surface area contributed by atoms with Crippen molar-refractivity contribution in [3.8, 4) is 11.3 Å². The van der Waals surface area contributed by atoms with Crippen LogP contribution in [0.3, 0.4) is 0 Å². The minimum Gasteiger partial charge on any atom is -0.460 e. The molecule has 3 nitrogen and oxygen atoms in total. The van der Waals surface area contributed by atoms with Gasteiger partial charge in [-0.2, -0.15) is 0 Å². The lowest BCUT2D eigenvalue weighted by Crippen LogP contribution is -2.16. The highest BCUT2D eigenvalue weighted by molar-refractivity contribution is 5.57. The van der Waals surface area contributed by atoms with Gasteiger partial charge < -0.3 is 14.5 Å². The van der Waals surface area contributed by atoms with Gasteiger partial charge in [-0.3, -0.25) is 0 Å². The number of hydrogen-bond acceptors (Lipinski definition) is 3. The van der Waals surface area contributed by atoms with Crippen LogP contribution in [0.15, 0.2) is 40.8 Å². The molecule has 1 aromatic heterocycles. The molecule has 1 N–H and O–H groups in total. The Morgan fingerprint density at radius 1 is 1.10 bits per heavy atom. The highest BCUT2D eigenvalue weighted by atomic mass is 19.1. The van der Waals surface area contributed by atoms with Crippen molar-refractivity contribution in [3.05, 3.63) is 48.0 Å². The molecule has 21 heavy (non-hydrogen) atoms. The van der Waals surface area contributed by atoms with E-state index in [0.29, 0.717) is 6.54 Å². The summed E-state index contributed by atoms with van der Waals surface area (Å²) in [5, 5.41) is 3.32. The van der Waals surface area contributed by atoms with Gasteiger partial charge in [0, 0.05) is 18.8 Å². The Morgan fingerprint density at radius 3 is 2.67 bits per heavy atom. The van der Waals surface area contributed by atoms with Gasteiger partial charge in [0.05, 0.1) is 6.54 Å². The lowest BCUT2D eigenvalue weighted by molar-refractivity contribution is 0.132. The van der Waals surface area contributed by atoms with Crippen LogP contribution in [0, 0.1) is 5.82 Å². The molecular formula is C17H22FNO2. The van der Waals surface area contributed by atoms with Crippen LogP contribution in [-0.2, 0) is 11.3 Å². The normalized spacial score (nSPS) is 11.0. The molecule has 2 rings (SSSR count). The summed E-state index contributed by atoms with van der Waals surface area (Å²) < 4.78 is 24.0. The van der Waals surface area contributed by atoms with Crippen LogP contribution in [0.5, 0.6) is 0 Å². The molecule has 0 spiro atoms. The monoisotopic (exact) mass is 291 g/mol. The maximum absolute atomic E-state index is 12.9. The first-order valence-corrected chi connectivity index (χ1v) is 7.42. The van der Waals surface area contributed by atoms with Crippen molar-refractivity contribution in [2.24, 2.45) is 0 Å². The van der Waals surface area contributed by atoms with E-state index in [1.165, 1.54) is 12.1 Å². The smallest absolute Gasteiger partial charge is 0.134 e. The Morgan fingerprint density at radius 2 is 1.90 bits per heavy atom. The number of nitrogens with one attached hydrogen (secondary N) is 1. The van der Waals surface area contributed by atoms with E-state index in [4.69, 9.17) is 9.15 Å². The van der Waals surface area contributed by atoms with Crippen molar-refractivity contribution in [2.45, 2.75) is 26.3 Å². The Balaban J connectivity index is 1.72. The number of furan rings is 1. The van der Waals surface area contributed by atoms with Crippen LogP contribution in [-0.4, -0.2) is 19.8 Å². The summed E-state index contributed by atoms with van der Waals surface area (Å²) in [6, 6.07) is 10.2. The first kappa shape index (κ1) is 15.7. The summed E-state index contributed by atoms with van der Waals surface area (Å²) in [5.74, 6) is 1.40. The molecule has 1 heterocycles. The van der Waals surface area contributed by atoms with Crippen molar-refractivity contribution >= 4 is 0 Å². The fourth-order valence-corrected chi connectivity index (χ4v) is 2.00. The van der Waals surface area contributed by atoms with E-state index in [-0.39, 0.29) is 5.82 Å². The third kappa shape index (κ3) is 5.33. The van der Waals surface area contributed by atoms with E-state index >= 15 is 0 Å². The van der Waals surface area contributed by atoms with Crippen molar-refractivity contribution in [1.29, 1.82) is 0 Å². The van der Waals surface area contributed by atoms with Gasteiger partial charge in [-0.05, 0) is 55.8 Å². The van der Waals surface area contributed by atoms with Gasteiger partial charge in [0.15, 0.2) is 0 Å². The van der Waals surface area contributed by atoms with Crippen molar-refractivity contribution in [1.82, 2.24) is 5.32 Å². The van der Waals surface area contributed by atoms with Crippen LogP contribution in [0.4, 0.5) is 4.39 Å². The molecule has 1 aromatic carbocycles. The Labute approximate surface area is 125 Å². The molecule has 0 aliphatic heterocycles. The lowest BCUT2D eigenvalue weighted by atomic mass is 10.2. The van der Waals surface area contributed by atoms with Gasteiger partial charge in [0.1, 0.15) is 17.3 Å². The molecule has 0 amide bonds. The first-order valence-electron chi connectivity index (χ1n) is 7.42. The SMILES string of the molecule is CCCOCCCNCc1ccc(-c2ccc(F)cc2)o1. The number of benzene rings is 1. The zero-order valence-electron chi connectivity index (χ0n) is 12.4. The van der Waals surface area contributed by atoms with E-state index in [1.807, 2.05) is 12.1 Å². The molecule has 4 heteroatoms. The van der Waals surface area contributed by atoms with Crippen molar-refractivity contribution in [2.75, 3.05) is 19.8 Å². The Bertz CT molecular complexity index is 522. The van der Waals surface area contributed by atoms with Gasteiger partial charge in [0.25, 0.3) is 0 Å². The molecule has 2 aromatic rings. The average molecular weight is 291 g/mol. The molecule has 0 radical (unpaired) electrons. The van der Waals surface area contributed by atoms with Crippen LogP contribution in [0.1, 0.15) is 25.5 Å². The molecule has 0 saturated heterocycles. The fraction of sp³-hybridized carbons (Fsp3) is 0.412. The second-order valence-electron chi connectivity index (χ2n) is 4.92. The summed E-state index contributed by atoms with van der Waals surface area (Å²) in [5.41, 5.74) is 0.885. The summed E-state index contributed by atoms with van der Waals surface area (Å²) in [4.78, 5) is 0. The largest absolute Gasteiger partial charge is 0.460 e. The minimum atomic E-state index is -0.238. The number of ether oxygens (including phenoxy) is 1. The summed E-state index contributed by atoms with van der Waals surface area (Å²) in [6.07, 6.45) is 2.05. The van der Waals surface area contributed by atoms with Gasteiger partial charge in [-0.15, -0.1) is 0 Å². The van der Waals surface area contributed by atoms with Gasteiger partial charge in [-0.25, -0.2) is 4.39 Å². The third-order valence-corrected chi connectivity index (χ3v) is 3.08. The second kappa shape index (κ2) is 8.60. The van der Waals surface area contributed by atoms with Crippen LogP contribution in [0.2, 0.25) is 0 Å². The van der Waals surface area contributed by atoms with E-state index in [2.05, 4.69) is 12.2 Å². The average Bonchev–Trinajstić information content (AvgIpc) is 2.96. The van der Waals surface area contributed by atoms with Crippen molar-refractivity contribution < 1.29 is 13.5 Å². The van der Waals surface area contributed by atoms with Crippen LogP contribution in [0.25, 0.3) is 11.3 Å². The summed E-state index contributed by atoms with van der Waals surface area (Å²) >= 11 is 0. The number of hydrogen-bond donors (Lipinski definition) is 1. The highest BCUT2D eigenvalue weighted by Crippen LogP contribution is 2.22. The maximum atomic E-state index is 12.9. The Kier molecular flexibility index (Phi) is 6.44. The molecule has 0 atom stereocenters. The topological polar surface area (TPSA) is 34.4 Å². The fourth-order valence-electron chi connectivity index (χ4n) is 2.00. The molecule has 0 unspecified atom stereocenters. The highest BCUT2D eigenvalue weighted by Gasteiger charge is 2.04. The molecule has 0 fully saturated rings. The molecule has 114 valence electrons. The van der Waals surface area contributed by atoms with E-state index in [1.54, 1.807) is 12.1 Å². The van der Waals surface area contributed by atoms with Crippen LogP contribution < -0.4 is 5.32 Å². The predicted octanol–water partition coefficient (Wildman–Crippen LogP) is 3.99. The summed E-state index contributed by atoms with van der Waals surface area (Å²) in [7, 11) is 0. The van der Waals surface area contributed by atoms with E-state index < -0.39 is 0 Å². The predicted molar refractivity (Wildman–Crippen MR) is 81.5 cm³/mol. The molecule has 0 aliphatic carbocycles. The van der Waals surface area contributed by atoms with Gasteiger partial charge >= 0.3 is 0 Å². The molecule has 0 aliphatic rings. The third-order valence-electron chi connectivity index (χ3n) is 3.08. The minimum absolute atomic E-state index is 0.238. The van der Waals surface area contributed by atoms with E-state index in [9.17, 15) is 4.39 Å².